The van der Waals surface area contributed by atoms with Gasteiger partial charge in [0.1, 0.15) is 0 Å². The number of nitrogens with zero attached hydrogens (tertiary/aromatic N) is 4. The van der Waals surface area contributed by atoms with E-state index in [0.717, 1.165) is 62.4 Å². The van der Waals surface area contributed by atoms with Gasteiger partial charge in [0.25, 0.3) is 0 Å². The van der Waals surface area contributed by atoms with E-state index in [2.05, 4.69) is 168 Å². The number of benzene rings is 8. The van der Waals surface area contributed by atoms with Crippen LogP contribution in [0.5, 0.6) is 0 Å². The molecule has 4 aliphatic rings. The number of para-hydroxylation sites is 1. The van der Waals surface area contributed by atoms with Gasteiger partial charge in [0, 0.05) is 33.2 Å². The van der Waals surface area contributed by atoms with Crippen LogP contribution in [0.15, 0.2) is 200 Å². The van der Waals surface area contributed by atoms with E-state index in [1.54, 1.807) is 5.56 Å². The van der Waals surface area contributed by atoms with Crippen LogP contribution >= 0.6 is 0 Å². The molecule has 4 saturated carbocycles. The number of aromatic nitrogens is 4. The van der Waals surface area contributed by atoms with Crippen molar-refractivity contribution in [3.63, 3.8) is 0 Å². The molecule has 0 amide bonds. The van der Waals surface area contributed by atoms with Gasteiger partial charge in [0.2, 0.25) is 0 Å². The normalized spacial score (nSPS) is 19.8. The van der Waals surface area contributed by atoms with Crippen LogP contribution < -0.4 is 0 Å². The molecular weight excluding hydrogens is 789 g/mol. The summed E-state index contributed by atoms with van der Waals surface area (Å²) in [5.74, 6) is 4.73. The molecule has 14 rings (SSSR count). The van der Waals surface area contributed by atoms with Gasteiger partial charge >= 0.3 is 0 Å². The maximum absolute atomic E-state index is 5.19. The number of hydrogen-bond acceptors (Lipinski definition) is 3. The van der Waals surface area contributed by atoms with Crippen molar-refractivity contribution in [1.82, 2.24) is 19.5 Å². The minimum absolute atomic E-state index is 0.392. The van der Waals surface area contributed by atoms with Crippen LogP contribution in [0.4, 0.5) is 0 Å². The average Bonchev–Trinajstić information content (AvgIpc) is 3.71. The lowest BCUT2D eigenvalue weighted by atomic mass is 9.48. The SMILES string of the molecule is c1ccc(-c2cc(-c3nc(-c4ccccc4)nc(-c4ccccc4)n3)cc(-c3cccc4c3c3ccc(-c5ccc(C67CC8CC(CC(C8)C6)C7)cc5)cc3n4-c3ccccc3)c2)cc1. The third-order valence-electron chi connectivity index (χ3n) is 15.0. The van der Waals surface area contributed by atoms with Crippen LogP contribution in [0.3, 0.4) is 0 Å². The van der Waals surface area contributed by atoms with E-state index in [-0.39, 0.29) is 0 Å². The van der Waals surface area contributed by atoms with Crippen LogP contribution in [-0.4, -0.2) is 19.5 Å². The van der Waals surface area contributed by atoms with Gasteiger partial charge in [-0.05, 0) is 143 Å². The lowest BCUT2D eigenvalue weighted by molar-refractivity contribution is -0.00518. The summed E-state index contributed by atoms with van der Waals surface area (Å²) in [4.78, 5) is 15.4. The van der Waals surface area contributed by atoms with Crippen molar-refractivity contribution in [2.45, 2.75) is 43.9 Å². The Hall–Kier alpha value is -7.43. The Morgan fingerprint density at radius 3 is 1.46 bits per heavy atom. The zero-order valence-electron chi connectivity index (χ0n) is 36.3. The smallest absolute Gasteiger partial charge is 0.164 e. The molecule has 4 aliphatic carbocycles. The summed E-state index contributed by atoms with van der Waals surface area (Å²) in [6.07, 6.45) is 8.57. The van der Waals surface area contributed by atoms with Crippen molar-refractivity contribution >= 4 is 21.8 Å². The summed E-state index contributed by atoms with van der Waals surface area (Å²) in [6, 6.07) is 72.4. The zero-order chi connectivity index (χ0) is 42.9. The first-order valence-electron chi connectivity index (χ1n) is 23.4. The minimum Gasteiger partial charge on any atom is -0.309 e. The molecule has 0 saturated heterocycles. The van der Waals surface area contributed by atoms with E-state index < -0.39 is 0 Å². The van der Waals surface area contributed by atoms with Crippen LogP contribution in [-0.2, 0) is 5.41 Å². The number of hydrogen-bond donors (Lipinski definition) is 0. The van der Waals surface area contributed by atoms with Gasteiger partial charge in [0.05, 0.1) is 11.0 Å². The molecule has 4 heteroatoms. The second-order valence-electron chi connectivity index (χ2n) is 19.1. The Labute approximate surface area is 380 Å². The molecule has 2 aromatic heterocycles. The Balaban J connectivity index is 0.982. The van der Waals surface area contributed by atoms with E-state index in [4.69, 9.17) is 15.0 Å². The minimum atomic E-state index is 0.392. The fraction of sp³-hybridized carbons (Fsp3) is 0.164. The predicted octanol–water partition coefficient (Wildman–Crippen LogP) is 15.4. The highest BCUT2D eigenvalue weighted by atomic mass is 15.0. The van der Waals surface area contributed by atoms with Crippen molar-refractivity contribution in [2.75, 3.05) is 0 Å². The number of fused-ring (bicyclic) bond motifs is 3. The fourth-order valence-corrected chi connectivity index (χ4v) is 12.5. The second kappa shape index (κ2) is 15.4. The van der Waals surface area contributed by atoms with Crippen molar-refractivity contribution in [1.29, 1.82) is 0 Å². The summed E-state index contributed by atoms with van der Waals surface area (Å²) in [7, 11) is 0. The molecular formula is C61H48N4. The summed E-state index contributed by atoms with van der Waals surface area (Å²) >= 11 is 0. The van der Waals surface area contributed by atoms with Crippen molar-refractivity contribution in [2.24, 2.45) is 17.8 Å². The van der Waals surface area contributed by atoms with E-state index >= 15 is 0 Å². The molecule has 65 heavy (non-hydrogen) atoms. The monoisotopic (exact) mass is 836 g/mol. The lowest BCUT2D eigenvalue weighted by Crippen LogP contribution is -2.48. The predicted molar refractivity (Wildman–Crippen MR) is 267 cm³/mol. The maximum Gasteiger partial charge on any atom is 0.164 e. The molecule has 4 fully saturated rings. The van der Waals surface area contributed by atoms with Crippen LogP contribution in [0.1, 0.15) is 44.1 Å². The molecule has 4 bridgehead atoms. The van der Waals surface area contributed by atoms with Gasteiger partial charge < -0.3 is 4.57 Å². The van der Waals surface area contributed by atoms with E-state index in [9.17, 15) is 0 Å². The van der Waals surface area contributed by atoms with E-state index in [1.165, 1.54) is 71.5 Å². The highest BCUT2D eigenvalue weighted by molar-refractivity contribution is 6.16. The molecule has 0 N–H and O–H groups in total. The van der Waals surface area contributed by atoms with Gasteiger partial charge in [-0.15, -0.1) is 0 Å². The Morgan fingerprint density at radius 1 is 0.369 bits per heavy atom. The quantitative estimate of drug-likeness (QED) is 0.153. The Morgan fingerprint density at radius 2 is 0.862 bits per heavy atom. The van der Waals surface area contributed by atoms with Crippen molar-refractivity contribution in [3.05, 3.63) is 206 Å². The van der Waals surface area contributed by atoms with Gasteiger partial charge in [-0.1, -0.05) is 158 Å². The first-order valence-corrected chi connectivity index (χ1v) is 23.4. The molecule has 4 nitrogen and oxygen atoms in total. The Bertz CT molecular complexity index is 3280. The van der Waals surface area contributed by atoms with E-state index in [0.29, 0.717) is 22.9 Å². The third-order valence-corrected chi connectivity index (χ3v) is 15.0. The van der Waals surface area contributed by atoms with Crippen LogP contribution in [0, 0.1) is 17.8 Å². The molecule has 2 heterocycles. The first-order chi connectivity index (χ1) is 32.1. The summed E-state index contributed by atoms with van der Waals surface area (Å²) in [6.45, 7) is 0. The molecule has 10 aromatic rings. The maximum atomic E-state index is 5.19. The van der Waals surface area contributed by atoms with Crippen molar-refractivity contribution < 1.29 is 0 Å². The summed E-state index contributed by atoms with van der Waals surface area (Å²) in [5, 5.41) is 2.44. The number of rotatable bonds is 8. The van der Waals surface area contributed by atoms with Gasteiger partial charge in [-0.3, -0.25) is 0 Å². The topological polar surface area (TPSA) is 43.6 Å². The largest absolute Gasteiger partial charge is 0.309 e. The van der Waals surface area contributed by atoms with Gasteiger partial charge in [-0.25, -0.2) is 15.0 Å². The van der Waals surface area contributed by atoms with Crippen LogP contribution in [0.25, 0.3) is 95.0 Å². The zero-order valence-corrected chi connectivity index (χ0v) is 36.3. The molecule has 312 valence electrons. The second-order valence-corrected chi connectivity index (χ2v) is 19.1. The molecule has 0 spiro atoms. The molecule has 0 unspecified atom stereocenters. The summed E-state index contributed by atoms with van der Waals surface area (Å²) in [5.41, 5.74) is 15.3. The van der Waals surface area contributed by atoms with E-state index in [1.807, 2.05) is 36.4 Å². The highest BCUT2D eigenvalue weighted by Gasteiger charge is 2.51. The van der Waals surface area contributed by atoms with Crippen molar-refractivity contribution in [3.8, 4) is 73.2 Å². The molecule has 0 aliphatic heterocycles. The van der Waals surface area contributed by atoms with Gasteiger partial charge in [-0.2, -0.15) is 0 Å². The Kier molecular flexibility index (Phi) is 9.01. The first kappa shape index (κ1) is 38.1. The standard InChI is InChI=1S/C61H48N4/c1-5-14-43(15-6-1)48-33-49(35-50(34-48)60-63-58(45-16-7-2-8-17-45)62-59(64-60)46-18-9-3-10-19-46)53-22-13-23-55-57(53)54-29-26-47(36-56(54)65(55)52-20-11-4-12-21-52)44-24-27-51(28-25-44)61-37-40-30-41(38-61)32-42(31-40)39-61/h1-29,33-36,40-42H,30-32,37-39H2. The average molecular weight is 837 g/mol. The molecule has 0 radical (unpaired) electrons. The third kappa shape index (κ3) is 6.70. The summed E-state index contributed by atoms with van der Waals surface area (Å²) < 4.78 is 2.45. The lowest BCUT2D eigenvalue weighted by Gasteiger charge is -2.57. The van der Waals surface area contributed by atoms with Crippen LogP contribution in [0.2, 0.25) is 0 Å². The fourth-order valence-electron chi connectivity index (χ4n) is 12.5. The van der Waals surface area contributed by atoms with Gasteiger partial charge in [0.15, 0.2) is 17.5 Å². The molecule has 8 aromatic carbocycles. The highest BCUT2D eigenvalue weighted by Crippen LogP contribution is 2.61. The molecule has 0 atom stereocenters.